The molecule has 0 spiro atoms. The Labute approximate surface area is 116 Å². The van der Waals surface area contributed by atoms with Crippen LogP contribution in [-0.2, 0) is 16.6 Å². The maximum Gasteiger partial charge on any atom is 0.337 e. The second-order valence-electron chi connectivity index (χ2n) is 4.31. The lowest BCUT2D eigenvalue weighted by atomic mass is 10.2. The lowest BCUT2D eigenvalue weighted by molar-refractivity contribution is 0.0698. The number of nitrogens with zero attached hydrogens (tertiary/aromatic N) is 2. The number of sulfonamides is 1. The van der Waals surface area contributed by atoms with E-state index in [2.05, 4.69) is 9.71 Å². The maximum atomic E-state index is 11.5. The number of hydrogen-bond acceptors (Lipinski definition) is 4. The standard InChI is InChI=1S/C12H15N3O4S/c1-8-14-10-5-3-4-9(12(16)17)11(10)15(8)6-7-20(18,19)13-2/h3-5,13H,6-7H2,1-2H3,(H,16,17). The van der Waals surface area contributed by atoms with Crippen molar-refractivity contribution in [1.29, 1.82) is 0 Å². The zero-order chi connectivity index (χ0) is 14.9. The molecule has 2 N–H and O–H groups in total. The Morgan fingerprint density at radius 1 is 1.45 bits per heavy atom. The fraction of sp³-hybridized carbons (Fsp3) is 0.333. The average molecular weight is 297 g/mol. The van der Waals surface area contributed by atoms with Crippen LogP contribution in [0.3, 0.4) is 0 Å². The molecule has 2 rings (SSSR count). The van der Waals surface area contributed by atoms with Crippen LogP contribution in [0.1, 0.15) is 16.2 Å². The van der Waals surface area contributed by atoms with Crippen LogP contribution in [-0.4, -0.2) is 41.8 Å². The predicted molar refractivity (Wildman–Crippen MR) is 74.3 cm³/mol. The topological polar surface area (TPSA) is 101 Å². The van der Waals surface area contributed by atoms with Gasteiger partial charge in [-0.1, -0.05) is 6.07 Å². The first-order valence-corrected chi connectivity index (χ1v) is 7.61. The van der Waals surface area contributed by atoms with Crippen molar-refractivity contribution in [3.8, 4) is 0 Å². The molecule has 1 aromatic carbocycles. The molecule has 0 saturated heterocycles. The van der Waals surface area contributed by atoms with Gasteiger partial charge in [0.2, 0.25) is 10.0 Å². The highest BCUT2D eigenvalue weighted by molar-refractivity contribution is 7.89. The summed E-state index contributed by atoms with van der Waals surface area (Å²) >= 11 is 0. The molecule has 0 radical (unpaired) electrons. The van der Waals surface area contributed by atoms with Gasteiger partial charge in [-0.15, -0.1) is 0 Å². The van der Waals surface area contributed by atoms with Crippen molar-refractivity contribution in [2.75, 3.05) is 12.8 Å². The van der Waals surface area contributed by atoms with Gasteiger partial charge in [0.25, 0.3) is 0 Å². The fourth-order valence-corrected chi connectivity index (χ4v) is 2.69. The predicted octanol–water partition coefficient (Wildman–Crippen LogP) is 0.592. The highest BCUT2D eigenvalue weighted by atomic mass is 32.2. The lowest BCUT2D eigenvalue weighted by Gasteiger charge is -2.08. The van der Waals surface area contributed by atoms with Crippen LogP contribution < -0.4 is 4.72 Å². The summed E-state index contributed by atoms with van der Waals surface area (Å²) in [5.41, 5.74) is 1.11. The van der Waals surface area contributed by atoms with E-state index in [9.17, 15) is 18.3 Å². The lowest BCUT2D eigenvalue weighted by Crippen LogP contribution is -2.25. The summed E-state index contributed by atoms with van der Waals surface area (Å²) in [7, 11) is -2.02. The largest absolute Gasteiger partial charge is 0.478 e. The minimum absolute atomic E-state index is 0.116. The molecule has 8 heteroatoms. The van der Waals surface area contributed by atoms with Crippen molar-refractivity contribution in [2.45, 2.75) is 13.5 Å². The van der Waals surface area contributed by atoms with Gasteiger partial charge in [-0.05, 0) is 26.1 Å². The van der Waals surface area contributed by atoms with Gasteiger partial charge in [0.1, 0.15) is 5.82 Å². The van der Waals surface area contributed by atoms with Crippen LogP contribution in [0.4, 0.5) is 0 Å². The Hall–Kier alpha value is -1.93. The normalized spacial score (nSPS) is 11.9. The Balaban J connectivity index is 2.52. The van der Waals surface area contributed by atoms with Crippen molar-refractivity contribution in [3.63, 3.8) is 0 Å². The van der Waals surface area contributed by atoms with Gasteiger partial charge < -0.3 is 9.67 Å². The van der Waals surface area contributed by atoms with E-state index in [-0.39, 0.29) is 17.9 Å². The third-order valence-corrected chi connectivity index (χ3v) is 4.42. The molecule has 1 aromatic heterocycles. The van der Waals surface area contributed by atoms with Crippen molar-refractivity contribution in [2.24, 2.45) is 0 Å². The number of para-hydroxylation sites is 1. The summed E-state index contributed by atoms with van der Waals surface area (Å²) in [6, 6.07) is 4.81. The minimum atomic E-state index is -3.36. The smallest absolute Gasteiger partial charge is 0.337 e. The second kappa shape index (κ2) is 5.22. The molecule has 7 nitrogen and oxygen atoms in total. The summed E-state index contributed by atoms with van der Waals surface area (Å²) < 4.78 is 26.8. The molecule has 0 saturated carbocycles. The third kappa shape index (κ3) is 2.66. The first kappa shape index (κ1) is 14.5. The number of rotatable bonds is 5. The van der Waals surface area contributed by atoms with Gasteiger partial charge in [0.15, 0.2) is 0 Å². The number of aryl methyl sites for hydroxylation is 2. The highest BCUT2D eigenvalue weighted by Gasteiger charge is 2.17. The Morgan fingerprint density at radius 2 is 2.15 bits per heavy atom. The maximum absolute atomic E-state index is 11.5. The number of carbonyl (C=O) groups is 1. The minimum Gasteiger partial charge on any atom is -0.478 e. The summed E-state index contributed by atoms with van der Waals surface area (Å²) in [6.45, 7) is 1.87. The number of carboxylic acids is 1. The number of aromatic nitrogens is 2. The molecule has 20 heavy (non-hydrogen) atoms. The van der Waals surface area contributed by atoms with Crippen LogP contribution in [0, 0.1) is 6.92 Å². The molecule has 0 fully saturated rings. The Bertz CT molecular complexity index is 764. The monoisotopic (exact) mass is 297 g/mol. The van der Waals surface area contributed by atoms with Gasteiger partial charge in [0, 0.05) is 6.54 Å². The van der Waals surface area contributed by atoms with Crippen molar-refractivity contribution in [1.82, 2.24) is 14.3 Å². The number of hydrogen-bond donors (Lipinski definition) is 2. The van der Waals surface area contributed by atoms with Crippen molar-refractivity contribution in [3.05, 3.63) is 29.6 Å². The van der Waals surface area contributed by atoms with E-state index in [1.165, 1.54) is 13.1 Å². The Morgan fingerprint density at radius 3 is 2.75 bits per heavy atom. The first-order chi connectivity index (χ1) is 9.35. The van der Waals surface area contributed by atoms with Crippen LogP contribution in [0.15, 0.2) is 18.2 Å². The van der Waals surface area contributed by atoms with Crippen molar-refractivity contribution >= 4 is 27.0 Å². The van der Waals surface area contributed by atoms with Crippen LogP contribution >= 0.6 is 0 Å². The van der Waals surface area contributed by atoms with Gasteiger partial charge in [0.05, 0.1) is 22.3 Å². The summed E-state index contributed by atoms with van der Waals surface area (Å²) in [5.74, 6) is -0.614. The molecule has 108 valence electrons. The molecule has 0 amide bonds. The number of imidazole rings is 1. The van der Waals surface area contributed by atoms with E-state index < -0.39 is 16.0 Å². The molecular weight excluding hydrogens is 282 g/mol. The molecule has 0 atom stereocenters. The van der Waals surface area contributed by atoms with E-state index >= 15 is 0 Å². The zero-order valence-corrected chi connectivity index (χ0v) is 11.9. The van der Waals surface area contributed by atoms with E-state index in [0.29, 0.717) is 16.9 Å². The number of carboxylic acid groups (broad SMARTS) is 1. The Kier molecular flexibility index (Phi) is 3.78. The number of benzene rings is 1. The van der Waals surface area contributed by atoms with Gasteiger partial charge in [-0.25, -0.2) is 22.9 Å². The summed E-state index contributed by atoms with van der Waals surface area (Å²) in [6.07, 6.45) is 0. The molecule has 0 aliphatic carbocycles. The van der Waals surface area contributed by atoms with Crippen LogP contribution in [0.2, 0.25) is 0 Å². The van der Waals surface area contributed by atoms with E-state index in [1.807, 2.05) is 0 Å². The van der Waals surface area contributed by atoms with Crippen LogP contribution in [0.25, 0.3) is 11.0 Å². The van der Waals surface area contributed by atoms with Gasteiger partial charge in [-0.3, -0.25) is 0 Å². The summed E-state index contributed by atoms with van der Waals surface area (Å²) in [5, 5.41) is 9.22. The highest BCUT2D eigenvalue weighted by Crippen LogP contribution is 2.20. The second-order valence-corrected chi connectivity index (χ2v) is 6.36. The molecule has 0 bridgehead atoms. The van der Waals surface area contributed by atoms with Gasteiger partial charge >= 0.3 is 5.97 Å². The molecule has 0 unspecified atom stereocenters. The van der Waals surface area contributed by atoms with E-state index in [1.54, 1.807) is 23.6 Å². The number of fused-ring (bicyclic) bond motifs is 1. The molecule has 2 aromatic rings. The van der Waals surface area contributed by atoms with Crippen LogP contribution in [0.5, 0.6) is 0 Å². The quantitative estimate of drug-likeness (QED) is 0.841. The molecule has 0 aliphatic heterocycles. The average Bonchev–Trinajstić information content (AvgIpc) is 2.71. The third-order valence-electron chi connectivity index (χ3n) is 3.08. The first-order valence-electron chi connectivity index (χ1n) is 5.96. The van der Waals surface area contributed by atoms with Gasteiger partial charge in [-0.2, -0.15) is 0 Å². The van der Waals surface area contributed by atoms with Crippen molar-refractivity contribution < 1.29 is 18.3 Å². The number of aromatic carboxylic acids is 1. The fourth-order valence-electron chi connectivity index (χ4n) is 2.06. The SMILES string of the molecule is CNS(=O)(=O)CCn1c(C)nc2cccc(C(=O)O)c21. The molecule has 1 heterocycles. The zero-order valence-electron chi connectivity index (χ0n) is 11.1. The van der Waals surface area contributed by atoms with E-state index in [0.717, 1.165) is 0 Å². The number of nitrogens with one attached hydrogen (secondary N) is 1. The molecular formula is C12H15N3O4S. The summed E-state index contributed by atoms with van der Waals surface area (Å²) in [4.78, 5) is 15.5. The molecule has 0 aliphatic rings. The van der Waals surface area contributed by atoms with E-state index in [4.69, 9.17) is 0 Å².